The van der Waals surface area contributed by atoms with E-state index in [1.165, 1.54) is 21.6 Å². The third-order valence-electron chi connectivity index (χ3n) is 10.1. The molecule has 13 nitrogen and oxygen atoms in total. The summed E-state index contributed by atoms with van der Waals surface area (Å²) < 4.78 is 5.24. The highest BCUT2D eigenvalue weighted by Crippen LogP contribution is 2.35. The molecule has 3 atom stereocenters. The van der Waals surface area contributed by atoms with Crippen LogP contribution in [0.2, 0.25) is 0 Å². The van der Waals surface area contributed by atoms with Crippen LogP contribution in [0.1, 0.15) is 170 Å². The highest BCUT2D eigenvalue weighted by atomic mass is 16.5. The Kier molecular flexibility index (Phi) is 45.7. The number of carbonyl (C=O) groups excluding carboxylic acids is 3. The van der Waals surface area contributed by atoms with Crippen LogP contribution in [0.4, 0.5) is 0 Å². The largest absolute Gasteiger partial charge is 0.481 e. The second-order valence-corrected chi connectivity index (χ2v) is 15.3. The van der Waals surface area contributed by atoms with Crippen molar-refractivity contribution >= 4 is 35.3 Å². The van der Waals surface area contributed by atoms with Crippen LogP contribution in [0.25, 0.3) is 16.7 Å². The van der Waals surface area contributed by atoms with Crippen LogP contribution >= 0.6 is 0 Å². The van der Waals surface area contributed by atoms with Crippen LogP contribution in [-0.2, 0) is 41.7 Å². The molecule has 0 bridgehead atoms. The van der Waals surface area contributed by atoms with Crippen LogP contribution in [0.5, 0.6) is 0 Å². The van der Waals surface area contributed by atoms with Crippen molar-refractivity contribution in [3.8, 4) is 11.1 Å². The maximum Gasteiger partial charge on any atom is 0.326 e. The van der Waals surface area contributed by atoms with Crippen LogP contribution in [0, 0.1) is 5.92 Å². The van der Waals surface area contributed by atoms with E-state index in [4.69, 9.17) is 21.4 Å². The normalized spacial score (nSPS) is 12.7. The first-order valence-corrected chi connectivity index (χ1v) is 25.7. The quantitative estimate of drug-likeness (QED) is 0.0286. The van der Waals surface area contributed by atoms with Crippen molar-refractivity contribution in [2.45, 2.75) is 173 Å². The zero-order valence-electron chi connectivity index (χ0n) is 46.1. The van der Waals surface area contributed by atoms with Gasteiger partial charge < -0.3 is 31.3 Å². The van der Waals surface area contributed by atoms with Gasteiger partial charge in [0.2, 0.25) is 11.8 Å². The summed E-state index contributed by atoms with van der Waals surface area (Å²) in [6, 6.07) is 23.6. The molecule has 1 aliphatic carbocycles. The SMILES string of the molecule is C=C/C(=C(\C=C)C(C)NN)c1ccc(CN(C(=O)CCCC)[C@H](C(=O)O)C(C)C)cc1.CC.CC.CC.CC.CCN.CCOC(=O)[C@H]1CCCc2ccc(-c3ccccc3)cc21.NC(=O)CCC(=O)O. The summed E-state index contributed by atoms with van der Waals surface area (Å²) in [6.45, 7) is 36.6. The average molecular weight is 990 g/mol. The zero-order valence-corrected chi connectivity index (χ0v) is 46.1. The first kappa shape index (κ1) is 71.7. The molecule has 9 N–H and O–H groups in total. The molecular formula is C58H95N5O8. The topological polar surface area (TPSA) is 228 Å². The van der Waals surface area contributed by atoms with E-state index >= 15 is 0 Å². The fourth-order valence-corrected chi connectivity index (χ4v) is 6.92. The number of rotatable bonds is 19. The molecule has 1 unspecified atom stereocenters. The first-order chi connectivity index (χ1) is 34.0. The second kappa shape index (κ2) is 45.3. The van der Waals surface area contributed by atoms with Crippen molar-refractivity contribution in [3.63, 3.8) is 0 Å². The number of hydrogen-bond donors (Lipinski definition) is 6. The molecule has 13 heteroatoms. The number of carbonyl (C=O) groups is 5. The molecule has 3 aromatic carbocycles. The van der Waals surface area contributed by atoms with Gasteiger partial charge in [0, 0.05) is 25.4 Å². The molecule has 4 rings (SSSR count). The van der Waals surface area contributed by atoms with Crippen molar-refractivity contribution in [3.05, 3.63) is 126 Å². The molecule has 0 fully saturated rings. The standard InChI is InChI=1S/C25H37N3O3.C19H20O2.C4H7NO3.C2H7N.4C2H6/c1-7-10-11-23(29)28(24(17(4)5)25(30)31)16-19-12-14-20(15-13-19)22(9-3)21(8-2)18(6)27-26;1-2-21-19(20)17-10-6-9-15-11-12-16(13-18(15)17)14-7-4-3-5-8-14;5-3(6)1-2-4(7)8;1-2-3;4*1-2/h8-9,12-15,17-18,24,27H,2-3,7,10-11,16,26H2,1,4-6H3,(H,30,31);3-5,7-8,11-13,17H,2,6,9-10H2,1H3;1-2H2,(H2,5,6)(H,7,8);2-3H2,1H3;4*1-2H3/b22-21-;;;;;;;/t18?,24-;17-;;;;;;/m00....../s1. The number of carboxylic acid groups (broad SMARTS) is 2. The number of fused-ring (bicyclic) bond motifs is 1. The number of hydrazine groups is 1. The molecule has 0 saturated carbocycles. The smallest absolute Gasteiger partial charge is 0.326 e. The Labute approximate surface area is 429 Å². The molecule has 0 aliphatic heterocycles. The van der Waals surface area contributed by atoms with E-state index < -0.39 is 23.9 Å². The van der Waals surface area contributed by atoms with E-state index in [0.717, 1.165) is 66.5 Å². The molecule has 0 radical (unpaired) electrons. The minimum atomic E-state index is -0.996. The highest BCUT2D eigenvalue weighted by molar-refractivity contribution is 5.84. The Morgan fingerprint density at radius 2 is 1.37 bits per heavy atom. The maximum atomic E-state index is 12.8. The third-order valence-corrected chi connectivity index (χ3v) is 10.1. The number of esters is 1. The third kappa shape index (κ3) is 28.5. The number of nitrogens with two attached hydrogens (primary N) is 3. The fraction of sp³-hybridized carbons (Fsp3) is 0.500. The fourth-order valence-electron chi connectivity index (χ4n) is 6.92. The van der Waals surface area contributed by atoms with Crippen molar-refractivity contribution < 1.29 is 38.9 Å². The summed E-state index contributed by atoms with van der Waals surface area (Å²) in [5, 5.41) is 17.7. The summed E-state index contributed by atoms with van der Waals surface area (Å²) in [6.07, 6.45) is 8.25. The number of primary amides is 1. The Bertz CT molecular complexity index is 1930. The van der Waals surface area contributed by atoms with Crippen molar-refractivity contribution in [1.82, 2.24) is 10.3 Å². The number of unbranched alkanes of at least 4 members (excludes halogenated alkanes) is 1. The van der Waals surface area contributed by atoms with E-state index in [0.29, 0.717) is 13.0 Å². The summed E-state index contributed by atoms with van der Waals surface area (Å²) >= 11 is 0. The van der Waals surface area contributed by atoms with Gasteiger partial charge in [-0.25, -0.2) is 4.79 Å². The van der Waals surface area contributed by atoms with Gasteiger partial charge in [-0.05, 0) is 96.5 Å². The number of benzene rings is 3. The average Bonchev–Trinajstić information content (AvgIpc) is 3.39. The molecule has 400 valence electrons. The van der Waals surface area contributed by atoms with Crippen LogP contribution < -0.4 is 22.7 Å². The van der Waals surface area contributed by atoms with Gasteiger partial charge in [0.25, 0.3) is 0 Å². The van der Waals surface area contributed by atoms with Crippen LogP contribution in [0.3, 0.4) is 0 Å². The molecule has 0 heterocycles. The van der Waals surface area contributed by atoms with Crippen LogP contribution in [-0.4, -0.2) is 70.1 Å². The van der Waals surface area contributed by atoms with Gasteiger partial charge in [-0.1, -0.05) is 188 Å². The van der Waals surface area contributed by atoms with E-state index in [1.807, 2.05) is 139 Å². The minimum Gasteiger partial charge on any atom is -0.481 e. The van der Waals surface area contributed by atoms with E-state index in [9.17, 15) is 29.1 Å². The van der Waals surface area contributed by atoms with Gasteiger partial charge in [-0.3, -0.25) is 30.4 Å². The highest BCUT2D eigenvalue weighted by Gasteiger charge is 2.32. The Morgan fingerprint density at radius 1 is 0.803 bits per heavy atom. The number of carboxylic acids is 2. The molecule has 3 aromatic rings. The number of ether oxygens (including phenoxy) is 1. The number of aliphatic carboxylic acids is 2. The van der Waals surface area contributed by atoms with Crippen molar-refractivity contribution in [2.24, 2.45) is 23.2 Å². The minimum absolute atomic E-state index is 0.0741. The lowest BCUT2D eigenvalue weighted by atomic mass is 9.81. The molecule has 1 aliphatic rings. The van der Waals surface area contributed by atoms with Gasteiger partial charge in [0.05, 0.1) is 18.9 Å². The molecule has 0 aromatic heterocycles. The van der Waals surface area contributed by atoms with Crippen molar-refractivity contribution in [1.29, 1.82) is 0 Å². The lowest BCUT2D eigenvalue weighted by Crippen LogP contribution is -2.47. The number of hydrogen-bond acceptors (Lipinski definition) is 9. The monoisotopic (exact) mass is 990 g/mol. The Balaban J connectivity index is -0.000000480. The number of nitrogens with one attached hydrogen (secondary N) is 1. The summed E-state index contributed by atoms with van der Waals surface area (Å²) in [4.78, 5) is 58.0. The van der Waals surface area contributed by atoms with Crippen molar-refractivity contribution in [2.75, 3.05) is 13.2 Å². The predicted molar refractivity (Wildman–Crippen MR) is 297 cm³/mol. The molecule has 0 saturated heterocycles. The van der Waals surface area contributed by atoms with Crippen LogP contribution in [0.15, 0.2) is 104 Å². The van der Waals surface area contributed by atoms with Gasteiger partial charge in [-0.2, -0.15) is 0 Å². The maximum absolute atomic E-state index is 12.8. The summed E-state index contributed by atoms with van der Waals surface area (Å²) in [5.41, 5.74) is 20.7. The first-order valence-electron chi connectivity index (χ1n) is 25.7. The second-order valence-electron chi connectivity index (χ2n) is 15.3. The van der Waals surface area contributed by atoms with E-state index in [-0.39, 0.29) is 49.1 Å². The van der Waals surface area contributed by atoms with Gasteiger partial charge in [-0.15, -0.1) is 0 Å². The Morgan fingerprint density at radius 3 is 1.79 bits per heavy atom. The summed E-state index contributed by atoms with van der Waals surface area (Å²) in [5.74, 6) is 2.53. The lowest BCUT2D eigenvalue weighted by Gasteiger charge is -2.32. The molecular weight excluding hydrogens is 895 g/mol. The number of nitrogens with zero attached hydrogens (tertiary/aromatic N) is 1. The molecule has 2 amide bonds. The number of aryl methyl sites for hydroxylation is 1. The van der Waals surface area contributed by atoms with Gasteiger partial charge >= 0.3 is 17.9 Å². The molecule has 0 spiro atoms. The molecule has 71 heavy (non-hydrogen) atoms. The summed E-state index contributed by atoms with van der Waals surface area (Å²) in [7, 11) is 0. The van der Waals surface area contributed by atoms with Gasteiger partial charge in [0.15, 0.2) is 0 Å². The van der Waals surface area contributed by atoms with Gasteiger partial charge in [0.1, 0.15) is 6.04 Å². The zero-order chi connectivity index (χ0) is 55.5. The van der Waals surface area contributed by atoms with E-state index in [2.05, 4.69) is 54.6 Å². The Hall–Kier alpha value is -5.89. The number of amides is 2. The lowest BCUT2D eigenvalue weighted by molar-refractivity contribution is -0.153. The predicted octanol–water partition coefficient (Wildman–Crippen LogP) is 12.0. The number of allylic oxidation sites excluding steroid dienone is 2. The van der Waals surface area contributed by atoms with E-state index in [1.54, 1.807) is 12.2 Å².